The molecule has 10 heteroatoms. The summed E-state index contributed by atoms with van der Waals surface area (Å²) in [5.74, 6) is 0.895. The first-order valence-corrected chi connectivity index (χ1v) is 8.47. The van der Waals surface area contributed by atoms with Gasteiger partial charge in [0.05, 0.1) is 25.9 Å². The molecule has 6 nitrogen and oxygen atoms in total. The smallest absolute Gasteiger partial charge is 0.497 e. The van der Waals surface area contributed by atoms with Crippen LogP contribution in [0.4, 0.5) is 18.9 Å². The first-order chi connectivity index (χ1) is 13.3. The van der Waals surface area contributed by atoms with Crippen LogP contribution in [0.3, 0.4) is 0 Å². The van der Waals surface area contributed by atoms with E-state index in [0.29, 0.717) is 29.2 Å². The molecule has 3 N–H and O–H groups in total. The number of hydrogen-bond donors (Lipinski definition) is 2. The predicted molar refractivity (Wildman–Crippen MR) is 114 cm³/mol. The lowest BCUT2D eigenvalue weighted by atomic mass is 10.1. The summed E-state index contributed by atoms with van der Waals surface area (Å²) in [6.45, 7) is 0. The molecule has 3 rings (SSSR count). The molecule has 1 aliphatic carbocycles. The van der Waals surface area contributed by atoms with E-state index in [1.165, 1.54) is 26.4 Å². The van der Waals surface area contributed by atoms with Gasteiger partial charge in [0.1, 0.15) is 17.2 Å². The SMILES string of the molecule is COc1ccc(OC)c(NC(N)=NC2CC2c2ccccc2OC(F)(F)F)c1.I. The average molecular weight is 523 g/mol. The molecule has 0 heterocycles. The van der Waals surface area contributed by atoms with Crippen LogP contribution >= 0.6 is 24.0 Å². The Bertz CT molecular complexity index is 877. The van der Waals surface area contributed by atoms with Crippen molar-refractivity contribution in [1.82, 2.24) is 0 Å². The van der Waals surface area contributed by atoms with Crippen molar-refractivity contribution in [2.45, 2.75) is 24.7 Å². The Morgan fingerprint density at radius 3 is 2.48 bits per heavy atom. The van der Waals surface area contributed by atoms with E-state index in [4.69, 9.17) is 15.2 Å². The molecular weight excluding hydrogens is 502 g/mol. The lowest BCUT2D eigenvalue weighted by Gasteiger charge is -2.13. The molecule has 0 aliphatic heterocycles. The van der Waals surface area contributed by atoms with Gasteiger partial charge in [-0.2, -0.15) is 0 Å². The highest BCUT2D eigenvalue weighted by atomic mass is 127. The topological polar surface area (TPSA) is 78.1 Å². The van der Waals surface area contributed by atoms with Crippen molar-refractivity contribution in [3.8, 4) is 17.2 Å². The van der Waals surface area contributed by atoms with E-state index >= 15 is 0 Å². The number of hydrogen-bond acceptors (Lipinski definition) is 4. The largest absolute Gasteiger partial charge is 0.573 e. The summed E-state index contributed by atoms with van der Waals surface area (Å²) in [5, 5.41) is 2.94. The van der Waals surface area contributed by atoms with Gasteiger partial charge in [-0.15, -0.1) is 37.1 Å². The predicted octanol–water partition coefficient (Wildman–Crippen LogP) is 4.50. The molecule has 0 saturated heterocycles. The molecule has 1 fully saturated rings. The van der Waals surface area contributed by atoms with Crippen LogP contribution < -0.4 is 25.3 Å². The summed E-state index contributed by atoms with van der Waals surface area (Å²) in [6, 6.07) is 11.0. The molecular formula is C19H21F3IN3O3. The van der Waals surface area contributed by atoms with E-state index in [2.05, 4.69) is 15.0 Å². The standard InChI is InChI=1S/C19H20F3N3O3.HI/c1-26-11-7-8-17(27-2)15(9-11)25-18(23)24-14-10-13(14)12-5-3-4-6-16(12)28-19(20,21)22;/h3-9,13-14H,10H2,1-2H3,(H3,23,24,25);1H. The highest BCUT2D eigenvalue weighted by Gasteiger charge is 2.42. The van der Waals surface area contributed by atoms with Gasteiger partial charge in [0, 0.05) is 12.0 Å². The zero-order valence-electron chi connectivity index (χ0n) is 15.7. The second-order valence-electron chi connectivity index (χ2n) is 6.20. The van der Waals surface area contributed by atoms with Gasteiger partial charge in [-0.05, 0) is 30.2 Å². The maximum atomic E-state index is 12.6. The van der Waals surface area contributed by atoms with E-state index in [1.54, 1.807) is 30.3 Å². The average Bonchev–Trinajstić information content (AvgIpc) is 3.39. The number of guanidine groups is 1. The van der Waals surface area contributed by atoms with Gasteiger partial charge in [-0.1, -0.05) is 18.2 Å². The number of methoxy groups -OCH3 is 2. The van der Waals surface area contributed by atoms with Crippen LogP contribution in [0.25, 0.3) is 0 Å². The van der Waals surface area contributed by atoms with Gasteiger partial charge in [0.2, 0.25) is 0 Å². The monoisotopic (exact) mass is 523 g/mol. The van der Waals surface area contributed by atoms with Crippen LogP contribution in [0.5, 0.6) is 17.2 Å². The van der Waals surface area contributed by atoms with E-state index in [9.17, 15) is 13.2 Å². The molecule has 29 heavy (non-hydrogen) atoms. The van der Waals surface area contributed by atoms with E-state index in [1.807, 2.05) is 0 Å². The van der Waals surface area contributed by atoms with E-state index < -0.39 is 6.36 Å². The van der Waals surface area contributed by atoms with Gasteiger partial charge < -0.3 is 25.3 Å². The van der Waals surface area contributed by atoms with Gasteiger partial charge in [-0.3, -0.25) is 0 Å². The van der Waals surface area contributed by atoms with E-state index in [-0.39, 0.29) is 47.6 Å². The Balaban J connectivity index is 0.00000300. The van der Waals surface area contributed by atoms with Crippen molar-refractivity contribution in [2.24, 2.45) is 10.7 Å². The normalized spacial score (nSPS) is 18.4. The van der Waals surface area contributed by atoms with Crippen molar-refractivity contribution < 1.29 is 27.4 Å². The molecule has 0 radical (unpaired) electrons. The number of halogens is 4. The highest BCUT2D eigenvalue weighted by molar-refractivity contribution is 14.0. The molecule has 0 spiro atoms. The summed E-state index contributed by atoms with van der Waals surface area (Å²) >= 11 is 0. The van der Waals surface area contributed by atoms with Crippen LogP contribution in [0.1, 0.15) is 17.9 Å². The Kier molecular flexibility index (Phi) is 7.44. The fourth-order valence-corrected chi connectivity index (χ4v) is 2.92. The minimum absolute atomic E-state index is 0. The summed E-state index contributed by atoms with van der Waals surface area (Å²) in [6.07, 6.45) is -4.16. The van der Waals surface area contributed by atoms with Crippen molar-refractivity contribution in [2.75, 3.05) is 19.5 Å². The lowest BCUT2D eigenvalue weighted by molar-refractivity contribution is -0.274. The lowest BCUT2D eigenvalue weighted by Crippen LogP contribution is -2.23. The molecule has 2 unspecified atom stereocenters. The number of alkyl halides is 3. The Hall–Kier alpha value is -2.37. The summed E-state index contributed by atoms with van der Waals surface area (Å²) in [7, 11) is 3.06. The number of anilines is 1. The third-order valence-corrected chi connectivity index (χ3v) is 4.28. The minimum Gasteiger partial charge on any atom is -0.497 e. The van der Waals surface area contributed by atoms with Crippen molar-refractivity contribution in [3.05, 3.63) is 48.0 Å². The van der Waals surface area contributed by atoms with Crippen LogP contribution in [0.2, 0.25) is 0 Å². The van der Waals surface area contributed by atoms with Gasteiger partial charge in [0.15, 0.2) is 5.96 Å². The quantitative estimate of drug-likeness (QED) is 0.331. The second-order valence-corrected chi connectivity index (χ2v) is 6.20. The number of benzene rings is 2. The van der Waals surface area contributed by atoms with Crippen LogP contribution in [0.15, 0.2) is 47.5 Å². The molecule has 2 aromatic carbocycles. The van der Waals surface area contributed by atoms with Crippen molar-refractivity contribution in [1.29, 1.82) is 0 Å². The first kappa shape index (κ1) is 22.9. The molecule has 1 aliphatic rings. The first-order valence-electron chi connectivity index (χ1n) is 8.47. The number of nitrogens with two attached hydrogens (primary N) is 1. The summed E-state index contributed by atoms with van der Waals surface area (Å²) in [4.78, 5) is 4.36. The fourth-order valence-electron chi connectivity index (χ4n) is 2.92. The van der Waals surface area contributed by atoms with E-state index in [0.717, 1.165) is 0 Å². The molecule has 2 atom stereocenters. The maximum Gasteiger partial charge on any atom is 0.573 e. The van der Waals surface area contributed by atoms with Crippen molar-refractivity contribution >= 4 is 35.6 Å². The zero-order valence-corrected chi connectivity index (χ0v) is 18.0. The zero-order chi connectivity index (χ0) is 20.3. The Morgan fingerprint density at radius 2 is 1.83 bits per heavy atom. The Morgan fingerprint density at radius 1 is 1.10 bits per heavy atom. The van der Waals surface area contributed by atoms with Crippen LogP contribution in [-0.2, 0) is 0 Å². The molecule has 0 bridgehead atoms. The fraction of sp³-hybridized carbons (Fsp3) is 0.316. The summed E-state index contributed by atoms with van der Waals surface area (Å²) < 4.78 is 52.3. The maximum absolute atomic E-state index is 12.6. The van der Waals surface area contributed by atoms with Crippen LogP contribution in [0, 0.1) is 0 Å². The number of aliphatic imine (C=N–C) groups is 1. The molecule has 0 amide bonds. The number of rotatable bonds is 6. The second kappa shape index (κ2) is 9.42. The minimum atomic E-state index is -4.74. The van der Waals surface area contributed by atoms with Gasteiger partial charge in [-0.25, -0.2) is 4.99 Å². The number of nitrogens with zero attached hydrogens (tertiary/aromatic N) is 1. The highest BCUT2D eigenvalue weighted by Crippen LogP contribution is 2.47. The molecule has 1 saturated carbocycles. The van der Waals surface area contributed by atoms with Crippen molar-refractivity contribution in [3.63, 3.8) is 0 Å². The van der Waals surface area contributed by atoms with Gasteiger partial charge >= 0.3 is 6.36 Å². The molecule has 0 aromatic heterocycles. The molecule has 158 valence electrons. The third kappa shape index (κ3) is 6.05. The summed E-state index contributed by atoms with van der Waals surface area (Å²) in [5.41, 5.74) is 7.00. The third-order valence-electron chi connectivity index (χ3n) is 4.28. The number of para-hydroxylation sites is 1. The van der Waals surface area contributed by atoms with Gasteiger partial charge in [0.25, 0.3) is 0 Å². The number of nitrogens with one attached hydrogen (secondary N) is 1. The molecule has 2 aromatic rings. The Labute approximate surface area is 183 Å². The van der Waals surface area contributed by atoms with Crippen LogP contribution in [-0.4, -0.2) is 32.6 Å². The number of ether oxygens (including phenoxy) is 3.